The molecule has 1 fully saturated rings. The number of benzene rings is 2. The van der Waals surface area contributed by atoms with Gasteiger partial charge in [0, 0.05) is 38.9 Å². The van der Waals surface area contributed by atoms with E-state index in [9.17, 15) is 9.59 Å². The molecule has 3 rings (SSSR count). The van der Waals surface area contributed by atoms with E-state index in [-0.39, 0.29) is 18.4 Å². The van der Waals surface area contributed by atoms with Crippen molar-refractivity contribution in [1.82, 2.24) is 9.80 Å². The summed E-state index contributed by atoms with van der Waals surface area (Å²) < 4.78 is 0. The Balaban J connectivity index is 1.43. The number of para-hydroxylation sites is 1. The highest BCUT2D eigenvalue weighted by atomic mass is 35.5. The molecule has 0 radical (unpaired) electrons. The molecule has 2 aromatic rings. The van der Waals surface area contributed by atoms with E-state index in [1.807, 2.05) is 55.5 Å². The second-order valence-electron chi connectivity index (χ2n) is 7.38. The van der Waals surface area contributed by atoms with Crippen molar-refractivity contribution in [3.8, 4) is 0 Å². The van der Waals surface area contributed by atoms with Crippen molar-refractivity contribution in [2.45, 2.75) is 6.92 Å². The Morgan fingerprint density at radius 2 is 1.69 bits per heavy atom. The smallest absolute Gasteiger partial charge is 0.243 e. The minimum atomic E-state index is -0.201. The zero-order chi connectivity index (χ0) is 20.8. The van der Waals surface area contributed by atoms with Crippen LogP contribution in [0.5, 0.6) is 0 Å². The molecule has 2 amide bonds. The number of rotatable bonds is 6. The molecule has 1 heterocycles. The lowest BCUT2D eigenvalue weighted by molar-refractivity contribution is -0.134. The van der Waals surface area contributed by atoms with E-state index in [0.717, 1.165) is 48.1 Å². The van der Waals surface area contributed by atoms with Crippen molar-refractivity contribution in [3.05, 3.63) is 59.1 Å². The second kappa shape index (κ2) is 9.76. The Kier molecular flexibility index (Phi) is 7.12. The number of nitrogens with one attached hydrogen (secondary N) is 1. The first kappa shape index (κ1) is 21.1. The largest absolute Gasteiger partial charge is 0.368 e. The van der Waals surface area contributed by atoms with Crippen LogP contribution in [-0.2, 0) is 9.59 Å². The summed E-state index contributed by atoms with van der Waals surface area (Å²) in [4.78, 5) is 30.5. The number of amides is 2. The van der Waals surface area contributed by atoms with E-state index < -0.39 is 0 Å². The van der Waals surface area contributed by atoms with Crippen LogP contribution in [0.2, 0.25) is 5.02 Å². The normalized spacial score (nSPS) is 14.5. The molecule has 154 valence electrons. The Labute approximate surface area is 177 Å². The number of likely N-dealkylation sites (N-methyl/N-ethyl adjacent to an activating group) is 1. The van der Waals surface area contributed by atoms with E-state index in [2.05, 4.69) is 15.1 Å². The van der Waals surface area contributed by atoms with Gasteiger partial charge in [-0.3, -0.25) is 14.5 Å². The predicted octanol–water partition coefficient (Wildman–Crippen LogP) is 2.87. The van der Waals surface area contributed by atoms with Crippen molar-refractivity contribution >= 4 is 34.8 Å². The Morgan fingerprint density at radius 1 is 1.03 bits per heavy atom. The zero-order valence-corrected chi connectivity index (χ0v) is 17.7. The van der Waals surface area contributed by atoms with Crippen LogP contribution in [0.25, 0.3) is 0 Å². The highest BCUT2D eigenvalue weighted by Gasteiger charge is 2.22. The summed E-state index contributed by atoms with van der Waals surface area (Å²) in [5, 5.41) is 3.57. The van der Waals surface area contributed by atoms with Crippen molar-refractivity contribution in [1.29, 1.82) is 0 Å². The molecule has 1 saturated heterocycles. The number of carbonyl (C=O) groups is 2. The first-order valence-electron chi connectivity index (χ1n) is 9.74. The number of hydrogen-bond donors (Lipinski definition) is 1. The molecule has 1 aliphatic heterocycles. The van der Waals surface area contributed by atoms with Crippen LogP contribution < -0.4 is 10.2 Å². The Bertz CT molecular complexity index is 848. The van der Waals surface area contributed by atoms with Gasteiger partial charge in [0.15, 0.2) is 0 Å². The van der Waals surface area contributed by atoms with Gasteiger partial charge in [-0.15, -0.1) is 0 Å². The maximum absolute atomic E-state index is 12.5. The lowest BCUT2D eigenvalue weighted by Crippen LogP contribution is -2.50. The van der Waals surface area contributed by atoms with Crippen molar-refractivity contribution in [3.63, 3.8) is 0 Å². The number of nitrogens with zero attached hydrogens (tertiary/aromatic N) is 3. The monoisotopic (exact) mass is 414 g/mol. The predicted molar refractivity (Wildman–Crippen MR) is 118 cm³/mol. The Morgan fingerprint density at radius 3 is 2.34 bits per heavy atom. The van der Waals surface area contributed by atoms with E-state index >= 15 is 0 Å². The summed E-state index contributed by atoms with van der Waals surface area (Å²) in [5.41, 5.74) is 2.90. The van der Waals surface area contributed by atoms with Gasteiger partial charge >= 0.3 is 0 Å². The summed E-state index contributed by atoms with van der Waals surface area (Å²) in [5.74, 6) is -0.261. The maximum Gasteiger partial charge on any atom is 0.243 e. The lowest BCUT2D eigenvalue weighted by atomic mass is 10.2. The number of halogens is 1. The van der Waals surface area contributed by atoms with Crippen LogP contribution in [0, 0.1) is 6.92 Å². The molecule has 0 bridgehead atoms. The van der Waals surface area contributed by atoms with Crippen LogP contribution in [-0.4, -0.2) is 67.9 Å². The topological polar surface area (TPSA) is 55.9 Å². The van der Waals surface area contributed by atoms with E-state index in [1.54, 1.807) is 7.05 Å². The molecule has 0 unspecified atom stereocenters. The zero-order valence-electron chi connectivity index (χ0n) is 16.9. The van der Waals surface area contributed by atoms with Gasteiger partial charge in [0.05, 0.1) is 23.8 Å². The minimum Gasteiger partial charge on any atom is -0.368 e. The van der Waals surface area contributed by atoms with Crippen LogP contribution in [0.4, 0.5) is 11.4 Å². The van der Waals surface area contributed by atoms with E-state index in [4.69, 9.17) is 11.6 Å². The highest BCUT2D eigenvalue weighted by Crippen LogP contribution is 2.25. The number of hydrogen-bond acceptors (Lipinski definition) is 4. The molecule has 29 heavy (non-hydrogen) atoms. The molecule has 2 aromatic carbocycles. The van der Waals surface area contributed by atoms with Crippen molar-refractivity contribution in [2.75, 3.05) is 56.5 Å². The number of aryl methyl sites for hydroxylation is 1. The molecule has 1 aliphatic rings. The van der Waals surface area contributed by atoms with Gasteiger partial charge < -0.3 is 15.1 Å². The average molecular weight is 415 g/mol. The summed E-state index contributed by atoms with van der Waals surface area (Å²) >= 11 is 6.28. The molecule has 0 spiro atoms. The van der Waals surface area contributed by atoms with Crippen molar-refractivity contribution < 1.29 is 9.59 Å². The molecule has 6 nitrogen and oxygen atoms in total. The molecule has 1 N–H and O–H groups in total. The fourth-order valence-electron chi connectivity index (χ4n) is 3.31. The molecule has 0 saturated carbocycles. The lowest BCUT2D eigenvalue weighted by Gasteiger charge is -2.36. The van der Waals surface area contributed by atoms with Gasteiger partial charge in [-0.1, -0.05) is 41.4 Å². The molecular formula is C22H27ClN4O2. The van der Waals surface area contributed by atoms with Crippen molar-refractivity contribution in [2.24, 2.45) is 0 Å². The van der Waals surface area contributed by atoms with Gasteiger partial charge in [0.25, 0.3) is 0 Å². The van der Waals surface area contributed by atoms with Crippen LogP contribution >= 0.6 is 11.6 Å². The summed E-state index contributed by atoms with van der Waals surface area (Å²) in [7, 11) is 1.66. The van der Waals surface area contributed by atoms with Gasteiger partial charge in [-0.05, 0) is 31.2 Å². The van der Waals surface area contributed by atoms with E-state index in [1.165, 1.54) is 4.90 Å². The van der Waals surface area contributed by atoms with Gasteiger partial charge in [-0.2, -0.15) is 0 Å². The summed E-state index contributed by atoms with van der Waals surface area (Å²) in [6.45, 7) is 5.52. The number of anilines is 2. The summed E-state index contributed by atoms with van der Waals surface area (Å²) in [6.07, 6.45) is 0. The third kappa shape index (κ3) is 5.95. The standard InChI is InChI=1S/C22H27ClN4O2/c1-17-7-9-18(10-8-17)24-21(28)15-25(2)22(29)16-26-11-13-27(14-12-26)20-6-4-3-5-19(20)23/h3-10H,11-16H2,1-2H3,(H,24,28). The van der Waals surface area contributed by atoms with Gasteiger partial charge in [0.2, 0.25) is 11.8 Å². The first-order valence-corrected chi connectivity index (χ1v) is 10.1. The SMILES string of the molecule is Cc1ccc(NC(=O)CN(C)C(=O)CN2CCN(c3ccccc3Cl)CC2)cc1. The Hall–Kier alpha value is -2.57. The van der Waals surface area contributed by atoms with Gasteiger partial charge in [-0.25, -0.2) is 0 Å². The minimum absolute atomic E-state index is 0.0340. The highest BCUT2D eigenvalue weighted by molar-refractivity contribution is 6.33. The third-order valence-electron chi connectivity index (χ3n) is 5.07. The van der Waals surface area contributed by atoms with E-state index in [0.29, 0.717) is 6.54 Å². The maximum atomic E-state index is 12.5. The van der Waals surface area contributed by atoms with Crippen LogP contribution in [0.3, 0.4) is 0 Å². The quantitative estimate of drug-likeness (QED) is 0.789. The number of piperazine rings is 1. The van der Waals surface area contributed by atoms with Crippen LogP contribution in [0.15, 0.2) is 48.5 Å². The van der Waals surface area contributed by atoms with Gasteiger partial charge in [0.1, 0.15) is 0 Å². The summed E-state index contributed by atoms with van der Waals surface area (Å²) in [6, 6.07) is 15.4. The molecular weight excluding hydrogens is 388 g/mol. The first-order chi connectivity index (χ1) is 13.9. The molecule has 0 atom stereocenters. The molecule has 0 aromatic heterocycles. The van der Waals surface area contributed by atoms with Crippen LogP contribution in [0.1, 0.15) is 5.56 Å². The molecule has 0 aliphatic carbocycles. The second-order valence-corrected chi connectivity index (χ2v) is 7.79. The average Bonchev–Trinajstić information content (AvgIpc) is 2.71. The molecule has 7 heteroatoms. The fraction of sp³-hybridized carbons (Fsp3) is 0.364. The third-order valence-corrected chi connectivity index (χ3v) is 5.39. The number of carbonyl (C=O) groups excluding carboxylic acids is 2. The fourth-order valence-corrected chi connectivity index (χ4v) is 3.56.